The van der Waals surface area contributed by atoms with E-state index < -0.39 is 11.9 Å². The number of epoxide rings is 1. The lowest BCUT2D eigenvalue weighted by molar-refractivity contribution is -0.911. The van der Waals surface area contributed by atoms with Gasteiger partial charge in [-0.25, -0.2) is 0 Å². The topological polar surface area (TPSA) is 82.1 Å². The van der Waals surface area contributed by atoms with Crippen molar-refractivity contribution < 1.29 is 24.0 Å². The van der Waals surface area contributed by atoms with E-state index in [2.05, 4.69) is 0 Å². The van der Waals surface area contributed by atoms with Gasteiger partial charge in [-0.05, 0) is 5.56 Å². The monoisotopic (exact) mass is 319 g/mol. The lowest BCUT2D eigenvalue weighted by Gasteiger charge is -2.51. The maximum atomic E-state index is 12.6. The molecule has 0 spiro atoms. The highest BCUT2D eigenvalue weighted by atomic mass is 16.6. The normalized spacial score (nSPS) is 42.0. The van der Waals surface area contributed by atoms with Crippen LogP contribution in [0.25, 0.3) is 0 Å². The molecule has 0 amide bonds. The van der Waals surface area contributed by atoms with Crippen molar-refractivity contribution in [3.05, 3.63) is 41.1 Å². The third-order valence-corrected chi connectivity index (χ3v) is 5.60. The molecule has 6 heteroatoms. The van der Waals surface area contributed by atoms with Crippen LogP contribution in [0.15, 0.2) is 30.3 Å². The molecule has 23 heavy (non-hydrogen) atoms. The number of hydroxylamine groups is 3. The summed E-state index contributed by atoms with van der Waals surface area (Å²) in [5.41, 5.74) is 0.745. The van der Waals surface area contributed by atoms with Gasteiger partial charge in [0, 0.05) is 12.8 Å². The Balaban J connectivity index is 1.44. The fourth-order valence-electron chi connectivity index (χ4n) is 4.25. The number of rotatable bonds is 4. The lowest BCUT2D eigenvalue weighted by Crippen LogP contribution is -2.58. The summed E-state index contributed by atoms with van der Waals surface area (Å²) >= 11 is 0. The van der Waals surface area contributed by atoms with Crippen LogP contribution in [0.4, 0.5) is 0 Å². The van der Waals surface area contributed by atoms with Crippen molar-refractivity contribution in [3.63, 3.8) is 0 Å². The molecule has 2 bridgehead atoms. The maximum absolute atomic E-state index is 12.6. The van der Waals surface area contributed by atoms with Gasteiger partial charge in [-0.3, -0.25) is 4.79 Å². The Morgan fingerprint density at radius 1 is 1.35 bits per heavy atom. The Kier molecular flexibility index (Phi) is 3.46. The number of hydrogen-bond acceptors (Lipinski definition) is 5. The van der Waals surface area contributed by atoms with Crippen molar-refractivity contribution in [2.75, 3.05) is 13.7 Å². The molecule has 4 rings (SSSR count). The highest BCUT2D eigenvalue weighted by molar-refractivity contribution is 5.78. The number of likely N-dealkylation sites (N-methyl/N-ethyl adjacent to an activating group) is 1. The van der Waals surface area contributed by atoms with Gasteiger partial charge < -0.3 is 24.4 Å². The lowest BCUT2D eigenvalue weighted by atomic mass is 9.97. The predicted molar refractivity (Wildman–Crippen MR) is 81.2 cm³/mol. The third kappa shape index (κ3) is 2.37. The summed E-state index contributed by atoms with van der Waals surface area (Å²) < 4.78 is 10.9. The molecule has 3 fully saturated rings. The molecule has 6 nitrogen and oxygen atoms in total. The van der Waals surface area contributed by atoms with E-state index in [1.54, 1.807) is 19.2 Å². The first-order valence-electron chi connectivity index (χ1n) is 8.11. The van der Waals surface area contributed by atoms with Gasteiger partial charge in [0.2, 0.25) is 0 Å². The predicted octanol–water partition coefficient (Wildman–Crippen LogP) is 0.931. The molecule has 124 valence electrons. The summed E-state index contributed by atoms with van der Waals surface area (Å²) in [5.74, 6) is -1.09. The van der Waals surface area contributed by atoms with E-state index in [0.717, 1.165) is 5.56 Å². The summed E-state index contributed by atoms with van der Waals surface area (Å²) in [6, 6.07) is 8.86. The second-order valence-electron chi connectivity index (χ2n) is 6.94. The van der Waals surface area contributed by atoms with Gasteiger partial charge in [0.1, 0.15) is 36.3 Å². The number of ether oxygens (including phenoxy) is 2. The number of morpholine rings is 1. The van der Waals surface area contributed by atoms with Crippen molar-refractivity contribution in [2.45, 2.75) is 49.2 Å². The van der Waals surface area contributed by atoms with Gasteiger partial charge in [-0.2, -0.15) is 0 Å². The van der Waals surface area contributed by atoms with E-state index in [4.69, 9.17) is 9.47 Å². The van der Waals surface area contributed by atoms with Crippen molar-refractivity contribution in [1.29, 1.82) is 0 Å². The Labute approximate surface area is 134 Å². The van der Waals surface area contributed by atoms with Crippen LogP contribution < -0.4 is 0 Å². The molecule has 0 aromatic heterocycles. The van der Waals surface area contributed by atoms with E-state index >= 15 is 0 Å². The quantitative estimate of drug-likeness (QED) is 0.386. The number of quaternary nitrogens is 1. The maximum Gasteiger partial charge on any atom is 0.316 e. The van der Waals surface area contributed by atoms with Crippen molar-refractivity contribution in [3.8, 4) is 0 Å². The van der Waals surface area contributed by atoms with E-state index in [1.807, 2.05) is 18.2 Å². The van der Waals surface area contributed by atoms with Gasteiger partial charge in [0.05, 0.1) is 13.7 Å². The van der Waals surface area contributed by atoms with E-state index in [9.17, 15) is 15.1 Å². The van der Waals surface area contributed by atoms with Crippen molar-refractivity contribution in [2.24, 2.45) is 0 Å². The summed E-state index contributed by atoms with van der Waals surface area (Å²) in [6.45, 7) is -0.286. The van der Waals surface area contributed by atoms with Gasteiger partial charge in [-0.15, -0.1) is 0 Å². The molecule has 0 unspecified atom stereocenters. The minimum Gasteiger partial charge on any atom is -0.632 e. The van der Waals surface area contributed by atoms with Crippen LogP contribution in [0.1, 0.15) is 24.3 Å². The molecule has 0 saturated carbocycles. The number of nitrogens with zero attached hydrogens (tertiary/aromatic N) is 1. The average molecular weight is 319 g/mol. The number of hydrogen-bond donors (Lipinski definition) is 1. The van der Waals surface area contributed by atoms with Crippen LogP contribution in [-0.2, 0) is 14.3 Å². The van der Waals surface area contributed by atoms with Crippen LogP contribution in [0.2, 0.25) is 0 Å². The van der Waals surface area contributed by atoms with Gasteiger partial charge >= 0.3 is 5.97 Å². The molecule has 3 aliphatic heterocycles. The minimum absolute atomic E-state index is 0.0361. The first-order valence-corrected chi connectivity index (χ1v) is 8.11. The zero-order chi connectivity index (χ0) is 16.2. The van der Waals surface area contributed by atoms with Crippen LogP contribution in [0.3, 0.4) is 0 Å². The molecular weight excluding hydrogens is 298 g/mol. The Hall–Kier alpha value is -1.47. The first-order chi connectivity index (χ1) is 11.0. The molecule has 1 N–H and O–H groups in total. The number of carbonyl (C=O) groups excluding carboxylic acids is 1. The molecule has 5 atom stereocenters. The number of piperidine rings is 1. The average Bonchev–Trinajstić information content (AvgIpc) is 3.27. The van der Waals surface area contributed by atoms with Crippen LogP contribution in [0.5, 0.6) is 0 Å². The van der Waals surface area contributed by atoms with Crippen molar-refractivity contribution in [1.82, 2.24) is 0 Å². The number of aliphatic hydroxyl groups excluding tert-OH is 1. The summed E-state index contributed by atoms with van der Waals surface area (Å²) in [5, 5.41) is 22.2. The molecule has 3 heterocycles. The minimum atomic E-state index is -0.672. The number of fused-ring (bicyclic) bond motifs is 5. The van der Waals surface area contributed by atoms with E-state index in [0.29, 0.717) is 12.8 Å². The standard InChI is InChI=1S/C17H21NO5/c1-18(21)13-7-11(8-14(18)16-15(13)23-16)22-17(20)12(9-19)10-5-3-2-4-6-10/h2-6,11-16,19H,7-9H2,1H3/t11?,12-,13-,14-,15-,16-,18?/m0/s1. The van der Waals surface area contributed by atoms with Crippen LogP contribution in [-0.4, -0.2) is 59.8 Å². The third-order valence-electron chi connectivity index (χ3n) is 5.60. The SMILES string of the molecule is C[N+]1([O-])[C@H]2CC(OC(=O)[C@@H](CO)c3ccccc3)C[C@H]1[C@@H]1O[C@H]12. The molecule has 1 aromatic rings. The summed E-state index contributed by atoms with van der Waals surface area (Å²) in [7, 11) is 1.70. The molecule has 0 radical (unpaired) electrons. The number of carbonyl (C=O) groups is 1. The molecule has 3 saturated heterocycles. The second-order valence-corrected chi connectivity index (χ2v) is 6.94. The fourth-order valence-corrected chi connectivity index (χ4v) is 4.25. The first kappa shape index (κ1) is 15.1. The molecule has 1 aromatic carbocycles. The molecular formula is C17H21NO5. The highest BCUT2D eigenvalue weighted by Gasteiger charge is 2.69. The van der Waals surface area contributed by atoms with Gasteiger partial charge in [-0.1, -0.05) is 30.3 Å². The number of benzene rings is 1. The number of esters is 1. The zero-order valence-electron chi connectivity index (χ0n) is 13.0. The van der Waals surface area contributed by atoms with E-state index in [1.165, 1.54) is 0 Å². The highest BCUT2D eigenvalue weighted by Crippen LogP contribution is 2.52. The smallest absolute Gasteiger partial charge is 0.316 e. The van der Waals surface area contributed by atoms with Gasteiger partial charge in [0.15, 0.2) is 0 Å². The van der Waals surface area contributed by atoms with Crippen molar-refractivity contribution >= 4 is 5.97 Å². The fraction of sp³-hybridized carbons (Fsp3) is 0.588. The Bertz CT molecular complexity index is 584. The summed E-state index contributed by atoms with van der Waals surface area (Å²) in [6.07, 6.45) is 0.891. The summed E-state index contributed by atoms with van der Waals surface area (Å²) in [4.78, 5) is 12.4. The largest absolute Gasteiger partial charge is 0.632 e. The zero-order valence-corrected chi connectivity index (χ0v) is 13.0. The second kappa shape index (κ2) is 5.27. The molecule has 0 aliphatic carbocycles. The molecule has 3 aliphatic rings. The van der Waals surface area contributed by atoms with Crippen LogP contribution >= 0.6 is 0 Å². The Morgan fingerprint density at radius 2 is 1.96 bits per heavy atom. The number of aliphatic hydroxyl groups is 1. The Morgan fingerprint density at radius 3 is 2.52 bits per heavy atom. The van der Waals surface area contributed by atoms with Crippen LogP contribution in [0, 0.1) is 5.21 Å². The van der Waals surface area contributed by atoms with Gasteiger partial charge in [0.25, 0.3) is 0 Å². The van der Waals surface area contributed by atoms with E-state index in [-0.39, 0.29) is 41.6 Å².